The van der Waals surface area contributed by atoms with Crippen LogP contribution in [0.3, 0.4) is 0 Å². The monoisotopic (exact) mass is 737 g/mol. The molecule has 1 heteroatoms. The van der Waals surface area contributed by atoms with Gasteiger partial charge in [-0.1, -0.05) is 190 Å². The van der Waals surface area contributed by atoms with E-state index in [0.717, 1.165) is 0 Å². The van der Waals surface area contributed by atoms with Gasteiger partial charge in [0.1, 0.15) is 0 Å². The largest absolute Gasteiger partial charge is 0.309 e. The SMILES string of the molecule is CC1(C)c2ccccc2-c2ccc3c(c21)c1ccccc1n3-c1ccc(-c2ccc(-c3c4ccccc4c(-c4ccccc4)c4ccccc34)c3ccccc23)cc1. The highest BCUT2D eigenvalue weighted by atomic mass is 15.0. The number of benzene rings is 10. The summed E-state index contributed by atoms with van der Waals surface area (Å²) in [6.45, 7) is 4.77. The van der Waals surface area contributed by atoms with Crippen LogP contribution in [-0.4, -0.2) is 4.57 Å². The van der Waals surface area contributed by atoms with Crippen molar-refractivity contribution in [3.8, 4) is 50.2 Å². The Kier molecular flexibility index (Phi) is 7.04. The molecule has 0 atom stereocenters. The Morgan fingerprint density at radius 2 is 0.845 bits per heavy atom. The molecule has 10 aromatic carbocycles. The summed E-state index contributed by atoms with van der Waals surface area (Å²) in [5, 5.41) is 10.3. The summed E-state index contributed by atoms with van der Waals surface area (Å²) in [5.41, 5.74) is 16.6. The van der Waals surface area contributed by atoms with E-state index in [9.17, 15) is 0 Å². The summed E-state index contributed by atoms with van der Waals surface area (Å²) >= 11 is 0. The van der Waals surface area contributed by atoms with E-state index in [1.807, 2.05) is 0 Å². The standard InChI is InChI=1S/C57H39N/c1-57(2)50-26-14-12-20-42(50)48-34-35-52-55(56(48)57)49-25-13-15-27-51(49)58(52)38-30-28-36(29-31-38)39-32-33-47(41-19-7-6-18-40(39)41)54-45-23-10-8-21-43(45)53(37-16-4-3-5-17-37)44-22-9-11-24-46(44)54/h3-35H,1-2H3. The molecule has 1 aliphatic rings. The zero-order valence-corrected chi connectivity index (χ0v) is 32.5. The van der Waals surface area contributed by atoms with Gasteiger partial charge in [-0.2, -0.15) is 0 Å². The highest BCUT2D eigenvalue weighted by Gasteiger charge is 2.38. The van der Waals surface area contributed by atoms with Gasteiger partial charge in [-0.3, -0.25) is 0 Å². The first-order valence-electron chi connectivity index (χ1n) is 20.4. The van der Waals surface area contributed by atoms with Crippen LogP contribution in [0.25, 0.3) is 104 Å². The van der Waals surface area contributed by atoms with Crippen LogP contribution in [0.2, 0.25) is 0 Å². The summed E-state index contributed by atoms with van der Waals surface area (Å²) < 4.78 is 2.46. The molecule has 0 bridgehead atoms. The number of aromatic nitrogens is 1. The maximum absolute atomic E-state index is 2.46. The Balaban J connectivity index is 1.02. The zero-order chi connectivity index (χ0) is 38.5. The van der Waals surface area contributed by atoms with Crippen LogP contribution >= 0.6 is 0 Å². The van der Waals surface area contributed by atoms with Crippen LogP contribution in [0, 0.1) is 0 Å². The minimum Gasteiger partial charge on any atom is -0.309 e. The lowest BCUT2D eigenvalue weighted by atomic mass is 9.80. The lowest BCUT2D eigenvalue weighted by Gasteiger charge is -2.22. The van der Waals surface area contributed by atoms with Crippen LogP contribution in [0.4, 0.5) is 0 Å². The number of nitrogens with zero attached hydrogens (tertiary/aromatic N) is 1. The third kappa shape index (κ3) is 4.59. The van der Waals surface area contributed by atoms with E-state index in [-0.39, 0.29) is 5.41 Å². The Hall–Kier alpha value is -7.22. The highest BCUT2D eigenvalue weighted by Crippen LogP contribution is 2.53. The quantitative estimate of drug-likeness (QED) is 0.159. The molecule has 1 aliphatic carbocycles. The Morgan fingerprint density at radius 1 is 0.328 bits per heavy atom. The molecule has 0 saturated heterocycles. The van der Waals surface area contributed by atoms with Crippen molar-refractivity contribution in [2.24, 2.45) is 0 Å². The predicted molar refractivity (Wildman–Crippen MR) is 247 cm³/mol. The zero-order valence-electron chi connectivity index (χ0n) is 32.5. The summed E-state index contributed by atoms with van der Waals surface area (Å²) in [6.07, 6.45) is 0. The van der Waals surface area contributed by atoms with Gasteiger partial charge in [-0.05, 0) is 112 Å². The summed E-state index contributed by atoms with van der Waals surface area (Å²) in [5.74, 6) is 0. The molecule has 272 valence electrons. The molecule has 0 aliphatic heterocycles. The molecular weight excluding hydrogens is 699 g/mol. The molecule has 1 heterocycles. The molecule has 0 N–H and O–H groups in total. The van der Waals surface area contributed by atoms with Crippen LogP contribution in [0.15, 0.2) is 200 Å². The normalized spacial score (nSPS) is 13.1. The third-order valence-electron chi connectivity index (χ3n) is 13.0. The average Bonchev–Trinajstić information content (AvgIpc) is 3.74. The van der Waals surface area contributed by atoms with Gasteiger partial charge in [0.2, 0.25) is 0 Å². The van der Waals surface area contributed by atoms with Crippen molar-refractivity contribution in [2.75, 3.05) is 0 Å². The molecule has 1 aromatic heterocycles. The van der Waals surface area contributed by atoms with Crippen LogP contribution in [-0.2, 0) is 5.41 Å². The second kappa shape index (κ2) is 12.4. The van der Waals surface area contributed by atoms with E-state index >= 15 is 0 Å². The van der Waals surface area contributed by atoms with E-state index in [1.54, 1.807) is 0 Å². The first-order chi connectivity index (χ1) is 28.6. The molecule has 11 aromatic rings. The lowest BCUT2D eigenvalue weighted by molar-refractivity contribution is 0.666. The van der Waals surface area contributed by atoms with Crippen molar-refractivity contribution < 1.29 is 0 Å². The van der Waals surface area contributed by atoms with Crippen LogP contribution in [0.1, 0.15) is 25.0 Å². The van der Waals surface area contributed by atoms with Gasteiger partial charge in [-0.15, -0.1) is 0 Å². The van der Waals surface area contributed by atoms with Crippen molar-refractivity contribution in [1.29, 1.82) is 0 Å². The minimum absolute atomic E-state index is 0.0972. The third-order valence-corrected chi connectivity index (χ3v) is 13.0. The van der Waals surface area contributed by atoms with Gasteiger partial charge in [0.05, 0.1) is 11.0 Å². The molecular formula is C57H39N. The van der Waals surface area contributed by atoms with Gasteiger partial charge in [-0.25, -0.2) is 0 Å². The lowest BCUT2D eigenvalue weighted by Crippen LogP contribution is -2.15. The van der Waals surface area contributed by atoms with E-state index in [4.69, 9.17) is 0 Å². The van der Waals surface area contributed by atoms with Gasteiger partial charge < -0.3 is 4.57 Å². The second-order valence-corrected chi connectivity index (χ2v) is 16.4. The molecule has 0 unspecified atom stereocenters. The fourth-order valence-corrected chi connectivity index (χ4v) is 10.5. The average molecular weight is 738 g/mol. The summed E-state index contributed by atoms with van der Waals surface area (Å²) in [6, 6.07) is 74.1. The van der Waals surface area contributed by atoms with E-state index in [1.165, 1.54) is 115 Å². The van der Waals surface area contributed by atoms with Crippen molar-refractivity contribution in [3.05, 3.63) is 211 Å². The molecule has 0 fully saturated rings. The topological polar surface area (TPSA) is 4.93 Å². The number of hydrogen-bond acceptors (Lipinski definition) is 0. The fraction of sp³-hybridized carbons (Fsp3) is 0.0526. The molecule has 0 amide bonds. The van der Waals surface area contributed by atoms with Gasteiger partial charge in [0.25, 0.3) is 0 Å². The molecule has 0 saturated carbocycles. The first kappa shape index (κ1) is 33.0. The van der Waals surface area contributed by atoms with Crippen molar-refractivity contribution in [2.45, 2.75) is 19.3 Å². The summed E-state index contributed by atoms with van der Waals surface area (Å²) in [7, 11) is 0. The maximum atomic E-state index is 2.46. The van der Waals surface area contributed by atoms with Crippen molar-refractivity contribution in [1.82, 2.24) is 4.57 Å². The fourth-order valence-electron chi connectivity index (χ4n) is 10.5. The number of hydrogen-bond donors (Lipinski definition) is 0. The van der Waals surface area contributed by atoms with E-state index in [2.05, 4.69) is 219 Å². The van der Waals surface area contributed by atoms with Gasteiger partial charge >= 0.3 is 0 Å². The smallest absolute Gasteiger partial charge is 0.0544 e. The van der Waals surface area contributed by atoms with Crippen LogP contribution < -0.4 is 0 Å². The highest BCUT2D eigenvalue weighted by molar-refractivity contribution is 6.24. The Bertz CT molecular complexity index is 3400. The molecule has 0 spiro atoms. The molecule has 1 nitrogen and oxygen atoms in total. The first-order valence-corrected chi connectivity index (χ1v) is 20.4. The van der Waals surface area contributed by atoms with Crippen LogP contribution in [0.5, 0.6) is 0 Å². The number of fused-ring (bicyclic) bond motifs is 10. The molecule has 12 rings (SSSR count). The summed E-state index contributed by atoms with van der Waals surface area (Å²) in [4.78, 5) is 0. The minimum atomic E-state index is -0.0972. The number of para-hydroxylation sites is 1. The van der Waals surface area contributed by atoms with Crippen molar-refractivity contribution >= 4 is 54.1 Å². The van der Waals surface area contributed by atoms with Crippen molar-refractivity contribution in [3.63, 3.8) is 0 Å². The van der Waals surface area contributed by atoms with Gasteiger partial charge in [0.15, 0.2) is 0 Å². The van der Waals surface area contributed by atoms with Gasteiger partial charge in [0, 0.05) is 21.9 Å². The van der Waals surface area contributed by atoms with E-state index < -0.39 is 0 Å². The number of rotatable bonds is 4. The Labute approximate surface area is 338 Å². The Morgan fingerprint density at radius 3 is 1.53 bits per heavy atom. The van der Waals surface area contributed by atoms with E-state index in [0.29, 0.717) is 0 Å². The molecule has 0 radical (unpaired) electrons. The molecule has 58 heavy (non-hydrogen) atoms. The maximum Gasteiger partial charge on any atom is 0.0544 e. The predicted octanol–water partition coefficient (Wildman–Crippen LogP) is 15.6. The second-order valence-electron chi connectivity index (χ2n) is 16.4.